The first-order valence-electron chi connectivity index (χ1n) is 8.24. The average Bonchev–Trinajstić information content (AvgIpc) is 2.53. The molecule has 0 bridgehead atoms. The van der Waals surface area contributed by atoms with Crippen LogP contribution in [0.4, 0.5) is 5.69 Å². The van der Waals surface area contributed by atoms with E-state index in [-0.39, 0.29) is 11.9 Å². The number of unbranched alkanes of at least 4 members (excludes halogenated alkanes) is 3. The summed E-state index contributed by atoms with van der Waals surface area (Å²) in [5, 5.41) is 2.81. The minimum Gasteiger partial charge on any atom is -0.462 e. The summed E-state index contributed by atoms with van der Waals surface area (Å²) in [6, 6.07) is 6.80. The van der Waals surface area contributed by atoms with Crippen molar-refractivity contribution in [2.24, 2.45) is 0 Å². The van der Waals surface area contributed by atoms with Crippen LogP contribution in [0, 0.1) is 0 Å². The molecule has 0 fully saturated rings. The molecule has 0 aliphatic heterocycles. The molecule has 0 unspecified atom stereocenters. The van der Waals surface area contributed by atoms with Gasteiger partial charge in [-0.2, -0.15) is 0 Å². The number of amides is 1. The van der Waals surface area contributed by atoms with Crippen molar-refractivity contribution in [3.05, 3.63) is 29.8 Å². The van der Waals surface area contributed by atoms with Gasteiger partial charge >= 0.3 is 5.97 Å². The molecule has 0 spiro atoms. The number of ether oxygens (including phenoxy) is 1. The first-order chi connectivity index (χ1) is 11.0. The van der Waals surface area contributed by atoms with Crippen LogP contribution in [0.3, 0.4) is 0 Å². The van der Waals surface area contributed by atoms with Crippen LogP contribution in [-0.2, 0) is 9.53 Å². The molecule has 1 N–H and O–H groups in total. The number of hydrogen-bond donors (Lipinski definition) is 1. The van der Waals surface area contributed by atoms with E-state index >= 15 is 0 Å². The lowest BCUT2D eigenvalue weighted by Gasteiger charge is -2.10. The predicted molar refractivity (Wildman–Crippen MR) is 92.7 cm³/mol. The van der Waals surface area contributed by atoms with Crippen molar-refractivity contribution in [1.82, 2.24) is 4.90 Å². The fourth-order valence-electron chi connectivity index (χ4n) is 2.02. The summed E-state index contributed by atoms with van der Waals surface area (Å²) < 4.78 is 5.23. The summed E-state index contributed by atoms with van der Waals surface area (Å²) in [7, 11) is 3.85. The van der Waals surface area contributed by atoms with Crippen LogP contribution >= 0.6 is 0 Å². The number of anilines is 1. The normalized spacial score (nSPS) is 10.6. The highest BCUT2D eigenvalue weighted by atomic mass is 16.5. The summed E-state index contributed by atoms with van der Waals surface area (Å²) in [6.45, 7) is 3.31. The molecule has 0 aromatic heterocycles. The van der Waals surface area contributed by atoms with Gasteiger partial charge in [-0.05, 0) is 44.8 Å². The summed E-state index contributed by atoms with van der Waals surface area (Å²) in [5.74, 6) is -0.350. The SMILES string of the molecule is CCCCCCOC(=O)c1ccc(NC(=O)CCN(C)C)cc1. The number of esters is 1. The Morgan fingerprint density at radius 3 is 2.39 bits per heavy atom. The maximum atomic E-state index is 11.9. The van der Waals surface area contributed by atoms with Gasteiger partial charge in [0.1, 0.15) is 0 Å². The van der Waals surface area contributed by atoms with E-state index in [2.05, 4.69) is 12.2 Å². The second-order valence-corrected chi connectivity index (χ2v) is 5.88. The van der Waals surface area contributed by atoms with Gasteiger partial charge < -0.3 is 15.0 Å². The van der Waals surface area contributed by atoms with E-state index in [9.17, 15) is 9.59 Å². The van der Waals surface area contributed by atoms with Crippen molar-refractivity contribution in [1.29, 1.82) is 0 Å². The van der Waals surface area contributed by atoms with Gasteiger partial charge in [0.15, 0.2) is 0 Å². The Hall–Kier alpha value is -1.88. The molecule has 23 heavy (non-hydrogen) atoms. The van der Waals surface area contributed by atoms with Gasteiger partial charge in [0.2, 0.25) is 5.91 Å². The lowest BCUT2D eigenvalue weighted by atomic mass is 10.2. The van der Waals surface area contributed by atoms with Crippen LogP contribution in [0.5, 0.6) is 0 Å². The molecule has 1 amide bonds. The number of nitrogens with zero attached hydrogens (tertiary/aromatic N) is 1. The first kappa shape index (κ1) is 19.2. The third-order valence-corrected chi connectivity index (χ3v) is 3.42. The minimum absolute atomic E-state index is 0.0371. The van der Waals surface area contributed by atoms with Crippen molar-refractivity contribution in [2.75, 3.05) is 32.6 Å². The maximum Gasteiger partial charge on any atom is 0.338 e. The lowest BCUT2D eigenvalue weighted by Crippen LogP contribution is -2.20. The van der Waals surface area contributed by atoms with Gasteiger partial charge in [-0.25, -0.2) is 4.79 Å². The predicted octanol–water partition coefficient (Wildman–Crippen LogP) is 3.31. The van der Waals surface area contributed by atoms with E-state index < -0.39 is 0 Å². The third-order valence-electron chi connectivity index (χ3n) is 3.42. The zero-order valence-corrected chi connectivity index (χ0v) is 14.4. The molecule has 5 nitrogen and oxygen atoms in total. The van der Waals surface area contributed by atoms with Crippen molar-refractivity contribution < 1.29 is 14.3 Å². The second kappa shape index (κ2) is 10.8. The monoisotopic (exact) mass is 320 g/mol. The van der Waals surface area contributed by atoms with E-state index in [4.69, 9.17) is 4.74 Å². The number of rotatable bonds is 10. The molecule has 0 saturated carbocycles. The topological polar surface area (TPSA) is 58.6 Å². The smallest absolute Gasteiger partial charge is 0.338 e. The van der Waals surface area contributed by atoms with E-state index in [1.54, 1.807) is 24.3 Å². The van der Waals surface area contributed by atoms with Crippen molar-refractivity contribution in [3.8, 4) is 0 Å². The van der Waals surface area contributed by atoms with Crippen LogP contribution in [0.2, 0.25) is 0 Å². The molecule has 0 atom stereocenters. The number of carbonyl (C=O) groups excluding carboxylic acids is 2. The number of nitrogens with one attached hydrogen (secondary N) is 1. The Labute approximate surface area is 139 Å². The van der Waals surface area contributed by atoms with Gasteiger partial charge in [0.05, 0.1) is 12.2 Å². The zero-order valence-electron chi connectivity index (χ0n) is 14.4. The van der Waals surface area contributed by atoms with E-state index in [0.717, 1.165) is 19.3 Å². The fraction of sp³-hybridized carbons (Fsp3) is 0.556. The second-order valence-electron chi connectivity index (χ2n) is 5.88. The van der Waals surface area contributed by atoms with Crippen molar-refractivity contribution >= 4 is 17.6 Å². The van der Waals surface area contributed by atoms with Crippen molar-refractivity contribution in [2.45, 2.75) is 39.0 Å². The molecule has 0 radical (unpaired) electrons. The van der Waals surface area contributed by atoms with Crippen molar-refractivity contribution in [3.63, 3.8) is 0 Å². The Morgan fingerprint density at radius 2 is 1.78 bits per heavy atom. The molecule has 1 aromatic rings. The minimum atomic E-state index is -0.313. The van der Waals surface area contributed by atoms with Crippen LogP contribution in [0.15, 0.2) is 24.3 Å². The largest absolute Gasteiger partial charge is 0.462 e. The van der Waals surface area contributed by atoms with E-state index in [0.29, 0.717) is 30.8 Å². The molecule has 0 aliphatic carbocycles. The number of hydrogen-bond acceptors (Lipinski definition) is 4. The lowest BCUT2D eigenvalue weighted by molar-refractivity contribution is -0.116. The van der Waals surface area contributed by atoms with Crippen LogP contribution in [0.1, 0.15) is 49.4 Å². The molecule has 128 valence electrons. The van der Waals surface area contributed by atoms with Gasteiger partial charge in [-0.1, -0.05) is 26.2 Å². The van der Waals surface area contributed by atoms with E-state index in [1.807, 2.05) is 19.0 Å². The van der Waals surface area contributed by atoms with Crippen LogP contribution < -0.4 is 5.32 Å². The van der Waals surface area contributed by atoms with Gasteiger partial charge in [0.25, 0.3) is 0 Å². The molecular weight excluding hydrogens is 292 g/mol. The molecule has 0 saturated heterocycles. The Balaban J connectivity index is 2.37. The van der Waals surface area contributed by atoms with E-state index in [1.165, 1.54) is 6.42 Å². The molecule has 5 heteroatoms. The summed E-state index contributed by atoms with van der Waals surface area (Å²) in [6.07, 6.45) is 4.76. The Morgan fingerprint density at radius 1 is 1.09 bits per heavy atom. The van der Waals surface area contributed by atoms with Gasteiger partial charge in [0, 0.05) is 18.7 Å². The number of benzene rings is 1. The third kappa shape index (κ3) is 8.35. The Bertz CT molecular complexity index is 484. The highest BCUT2D eigenvalue weighted by Gasteiger charge is 2.08. The number of carbonyl (C=O) groups is 2. The molecule has 0 aliphatic rings. The molecule has 1 aromatic carbocycles. The molecular formula is C18H28N2O3. The van der Waals surface area contributed by atoms with Crippen LogP contribution in [0.25, 0.3) is 0 Å². The van der Waals surface area contributed by atoms with Gasteiger partial charge in [-0.15, -0.1) is 0 Å². The fourth-order valence-corrected chi connectivity index (χ4v) is 2.02. The van der Waals surface area contributed by atoms with Gasteiger partial charge in [-0.3, -0.25) is 4.79 Å². The highest BCUT2D eigenvalue weighted by molar-refractivity contribution is 5.93. The quantitative estimate of drug-likeness (QED) is 0.531. The summed E-state index contributed by atoms with van der Waals surface area (Å²) >= 11 is 0. The highest BCUT2D eigenvalue weighted by Crippen LogP contribution is 2.11. The standard InChI is InChI=1S/C18H28N2O3/c1-4-5-6-7-14-23-18(22)15-8-10-16(11-9-15)19-17(21)12-13-20(2)3/h8-11H,4-7,12-14H2,1-3H3,(H,19,21). The Kier molecular flexibility index (Phi) is 8.98. The zero-order chi connectivity index (χ0) is 17.1. The average molecular weight is 320 g/mol. The molecule has 0 heterocycles. The summed E-state index contributed by atoms with van der Waals surface area (Å²) in [5.41, 5.74) is 1.19. The first-order valence-corrected chi connectivity index (χ1v) is 8.24. The summed E-state index contributed by atoms with van der Waals surface area (Å²) in [4.78, 5) is 25.6. The molecule has 1 rings (SSSR count). The van der Waals surface area contributed by atoms with Crippen LogP contribution in [-0.4, -0.2) is 44.0 Å². The maximum absolute atomic E-state index is 11.9.